The average molecular weight is 456 g/mol. The lowest BCUT2D eigenvalue weighted by molar-refractivity contribution is -0.137. The van der Waals surface area contributed by atoms with Gasteiger partial charge in [-0.2, -0.15) is 0 Å². The van der Waals surface area contributed by atoms with E-state index in [1.807, 2.05) is 0 Å². The van der Waals surface area contributed by atoms with E-state index in [4.69, 9.17) is 14.9 Å². The van der Waals surface area contributed by atoms with Crippen molar-refractivity contribution in [3.63, 3.8) is 0 Å². The number of nitrogens with zero attached hydrogens (tertiary/aromatic N) is 6. The van der Waals surface area contributed by atoms with Crippen molar-refractivity contribution in [3.8, 4) is 11.8 Å². The molecule has 172 valence electrons. The van der Waals surface area contributed by atoms with Crippen LogP contribution in [0.2, 0.25) is 0 Å². The molecule has 33 heavy (non-hydrogen) atoms. The Morgan fingerprint density at radius 3 is 2.82 bits per heavy atom. The molecule has 3 aromatic heterocycles. The molecule has 1 fully saturated rings. The normalized spacial score (nSPS) is 22.1. The number of hydrogen-bond acceptors (Lipinski definition) is 11. The first-order valence-corrected chi connectivity index (χ1v) is 9.68. The standard InChI is InChI=1S/C19H20N8O6/c1-21-17(30)14-12(28)13(29)19(33-14)27-7-23-11-15(20)24-10(25-16(11)27)4-3-5-26(2)18(31)9-6-22-8-32-9/h6-8,12-14,19,28-29H,5H2,1-2H3,(H,21,30)(H2,20,24,25)/t12-,13?,14-,19+/m0/s1. The Morgan fingerprint density at radius 1 is 1.33 bits per heavy atom. The van der Waals surface area contributed by atoms with Crippen LogP contribution in [0, 0.1) is 11.8 Å². The minimum Gasteiger partial charge on any atom is -0.438 e. The van der Waals surface area contributed by atoms with Crippen molar-refractivity contribution >= 4 is 28.8 Å². The Labute approximate surface area is 186 Å². The molecule has 4 rings (SSSR count). The minimum absolute atomic E-state index is 0.0324. The number of nitrogens with one attached hydrogen (secondary N) is 1. The number of nitrogens with two attached hydrogens (primary N) is 1. The number of oxazole rings is 1. The lowest BCUT2D eigenvalue weighted by atomic mass is 10.1. The summed E-state index contributed by atoms with van der Waals surface area (Å²) in [6, 6.07) is 0. The van der Waals surface area contributed by atoms with Gasteiger partial charge in [0, 0.05) is 14.1 Å². The summed E-state index contributed by atoms with van der Waals surface area (Å²) < 4.78 is 11.9. The molecule has 0 saturated carbocycles. The highest BCUT2D eigenvalue weighted by atomic mass is 16.6. The van der Waals surface area contributed by atoms with Gasteiger partial charge < -0.3 is 35.3 Å². The van der Waals surface area contributed by atoms with Crippen LogP contribution in [0.25, 0.3) is 11.2 Å². The lowest BCUT2D eigenvalue weighted by Crippen LogP contribution is -2.41. The summed E-state index contributed by atoms with van der Waals surface area (Å²) in [7, 11) is 2.93. The molecule has 0 aliphatic carbocycles. The molecule has 1 aliphatic heterocycles. The van der Waals surface area contributed by atoms with Gasteiger partial charge in [-0.05, 0) is 5.92 Å². The number of nitrogen functional groups attached to an aromatic ring is 1. The van der Waals surface area contributed by atoms with Crippen molar-refractivity contribution in [2.75, 3.05) is 26.4 Å². The van der Waals surface area contributed by atoms with E-state index >= 15 is 0 Å². The van der Waals surface area contributed by atoms with Crippen LogP contribution >= 0.6 is 0 Å². The Kier molecular flexibility index (Phi) is 5.92. The first-order valence-electron chi connectivity index (χ1n) is 9.68. The summed E-state index contributed by atoms with van der Waals surface area (Å²) in [5, 5.41) is 23.0. The lowest BCUT2D eigenvalue weighted by Gasteiger charge is -2.16. The summed E-state index contributed by atoms with van der Waals surface area (Å²) in [6.07, 6.45) is -1.53. The van der Waals surface area contributed by atoms with Crippen LogP contribution in [0.5, 0.6) is 0 Å². The van der Waals surface area contributed by atoms with Crippen LogP contribution in [0.15, 0.2) is 23.3 Å². The molecule has 2 amide bonds. The van der Waals surface area contributed by atoms with E-state index in [2.05, 4.69) is 37.1 Å². The number of amides is 2. The second-order valence-corrected chi connectivity index (χ2v) is 7.13. The third-order valence-corrected chi connectivity index (χ3v) is 4.97. The van der Waals surface area contributed by atoms with E-state index in [-0.39, 0.29) is 35.1 Å². The Hall–Kier alpha value is -4.06. The van der Waals surface area contributed by atoms with Crippen LogP contribution in [0.1, 0.15) is 22.6 Å². The molecule has 5 N–H and O–H groups in total. The fourth-order valence-electron chi connectivity index (χ4n) is 3.25. The van der Waals surface area contributed by atoms with Gasteiger partial charge in [0.25, 0.3) is 11.8 Å². The maximum atomic E-state index is 12.2. The number of fused-ring (bicyclic) bond motifs is 1. The van der Waals surface area contributed by atoms with Gasteiger partial charge in [-0.15, -0.1) is 0 Å². The molecule has 0 bridgehead atoms. The summed E-state index contributed by atoms with van der Waals surface area (Å²) in [6.45, 7) is 0.0462. The maximum absolute atomic E-state index is 12.2. The number of imidazole rings is 1. The van der Waals surface area contributed by atoms with Gasteiger partial charge in [0.05, 0.1) is 19.1 Å². The smallest absolute Gasteiger partial charge is 0.291 e. The number of carbonyl (C=O) groups is 2. The van der Waals surface area contributed by atoms with E-state index in [0.29, 0.717) is 0 Å². The van der Waals surface area contributed by atoms with Crippen molar-refractivity contribution in [3.05, 3.63) is 30.5 Å². The SMILES string of the molecule is CNC(=O)[C@H]1O[C@@H](n2cnc3c(N)nc(C#CCN(C)C(=O)c4cnco4)nc32)C(O)[C@@H]1O. The Morgan fingerprint density at radius 2 is 2.12 bits per heavy atom. The van der Waals surface area contributed by atoms with E-state index in [1.165, 1.54) is 29.0 Å². The molecule has 1 saturated heterocycles. The van der Waals surface area contributed by atoms with Crippen molar-refractivity contribution in [2.45, 2.75) is 24.5 Å². The predicted octanol–water partition coefficient (Wildman–Crippen LogP) is -2.11. The van der Waals surface area contributed by atoms with Gasteiger partial charge in [-0.1, -0.05) is 5.92 Å². The molecule has 3 aromatic rings. The largest absolute Gasteiger partial charge is 0.438 e. The molecule has 0 spiro atoms. The number of anilines is 1. The molecule has 0 aromatic carbocycles. The first-order chi connectivity index (χ1) is 15.8. The molecule has 1 aliphatic rings. The average Bonchev–Trinajstić information content (AvgIpc) is 3.54. The van der Waals surface area contributed by atoms with Crippen LogP contribution in [-0.4, -0.2) is 90.4 Å². The van der Waals surface area contributed by atoms with Gasteiger partial charge in [-0.3, -0.25) is 14.2 Å². The highest BCUT2D eigenvalue weighted by Crippen LogP contribution is 2.32. The zero-order chi connectivity index (χ0) is 23.7. The Bertz CT molecular complexity index is 1250. The summed E-state index contributed by atoms with van der Waals surface area (Å²) in [5.41, 5.74) is 6.39. The van der Waals surface area contributed by atoms with Gasteiger partial charge in [0.1, 0.15) is 17.7 Å². The number of carbonyl (C=O) groups excluding carboxylic acids is 2. The molecule has 4 heterocycles. The minimum atomic E-state index is -1.46. The van der Waals surface area contributed by atoms with Crippen LogP contribution in [-0.2, 0) is 9.53 Å². The number of aromatic nitrogens is 5. The van der Waals surface area contributed by atoms with E-state index in [9.17, 15) is 19.8 Å². The molecule has 14 heteroatoms. The van der Waals surface area contributed by atoms with Crippen molar-refractivity contribution in [1.82, 2.24) is 34.7 Å². The predicted molar refractivity (Wildman–Crippen MR) is 110 cm³/mol. The van der Waals surface area contributed by atoms with Gasteiger partial charge in [0.15, 0.2) is 30.2 Å². The third-order valence-electron chi connectivity index (χ3n) is 4.97. The molecule has 14 nitrogen and oxygen atoms in total. The zero-order valence-corrected chi connectivity index (χ0v) is 17.5. The second-order valence-electron chi connectivity index (χ2n) is 7.13. The first kappa shape index (κ1) is 22.1. The fourth-order valence-corrected chi connectivity index (χ4v) is 3.25. The molecule has 4 atom stereocenters. The summed E-state index contributed by atoms with van der Waals surface area (Å²) >= 11 is 0. The van der Waals surface area contributed by atoms with Crippen LogP contribution < -0.4 is 11.1 Å². The summed E-state index contributed by atoms with van der Waals surface area (Å²) in [5.74, 6) is 4.67. The number of aliphatic hydroxyl groups excluding tert-OH is 2. The van der Waals surface area contributed by atoms with E-state index < -0.39 is 36.4 Å². The molecule has 1 unspecified atom stereocenters. The van der Waals surface area contributed by atoms with Gasteiger partial charge in [-0.25, -0.2) is 19.9 Å². The Balaban J connectivity index is 1.58. The zero-order valence-electron chi connectivity index (χ0n) is 17.5. The number of hydrogen-bond donors (Lipinski definition) is 4. The monoisotopic (exact) mass is 456 g/mol. The van der Waals surface area contributed by atoms with Crippen LogP contribution in [0.3, 0.4) is 0 Å². The number of likely N-dealkylation sites (N-methyl/N-ethyl adjacent to an activating group) is 1. The number of aliphatic hydroxyl groups is 2. The topological polar surface area (TPSA) is 195 Å². The highest BCUT2D eigenvalue weighted by Gasteiger charge is 2.47. The van der Waals surface area contributed by atoms with E-state index in [0.717, 1.165) is 6.39 Å². The highest BCUT2D eigenvalue weighted by molar-refractivity contribution is 5.91. The summed E-state index contributed by atoms with van der Waals surface area (Å²) in [4.78, 5) is 41.6. The molecular formula is C19H20N8O6. The quantitative estimate of drug-likeness (QED) is 0.314. The third kappa shape index (κ3) is 4.07. The van der Waals surface area contributed by atoms with E-state index in [1.54, 1.807) is 7.05 Å². The molecule has 0 radical (unpaired) electrons. The van der Waals surface area contributed by atoms with Crippen molar-refractivity contribution < 1.29 is 29.0 Å². The maximum Gasteiger partial charge on any atom is 0.291 e. The van der Waals surface area contributed by atoms with Crippen molar-refractivity contribution in [2.24, 2.45) is 0 Å². The van der Waals surface area contributed by atoms with Crippen molar-refractivity contribution in [1.29, 1.82) is 0 Å². The second kappa shape index (κ2) is 8.82. The van der Waals surface area contributed by atoms with Crippen LogP contribution in [0.4, 0.5) is 5.82 Å². The number of ether oxygens (including phenoxy) is 1. The molecular weight excluding hydrogens is 436 g/mol. The number of rotatable bonds is 4. The fraction of sp³-hybridized carbons (Fsp3) is 0.368. The van der Waals surface area contributed by atoms with Gasteiger partial charge in [0.2, 0.25) is 11.6 Å². The van der Waals surface area contributed by atoms with Gasteiger partial charge >= 0.3 is 0 Å².